The Morgan fingerprint density at radius 2 is 1.77 bits per heavy atom. The average molecular weight is 312 g/mol. The van der Waals surface area contributed by atoms with Crippen LogP contribution in [-0.4, -0.2) is 70.3 Å². The van der Waals surface area contributed by atoms with Gasteiger partial charge < -0.3 is 15.1 Å². The summed E-state index contributed by atoms with van der Waals surface area (Å²) >= 11 is 0. The van der Waals surface area contributed by atoms with Gasteiger partial charge in [-0.05, 0) is 31.8 Å². The molecule has 8 nitrogen and oxygen atoms in total. The Labute approximate surface area is 127 Å². The van der Waals surface area contributed by atoms with Crippen molar-refractivity contribution in [2.24, 2.45) is 5.92 Å². The van der Waals surface area contributed by atoms with Crippen molar-refractivity contribution in [3.8, 4) is 0 Å². The van der Waals surface area contributed by atoms with E-state index in [0.717, 1.165) is 6.54 Å². The number of carboxylic acid groups (broad SMARTS) is 2. The lowest BCUT2D eigenvalue weighted by Crippen LogP contribution is -2.59. The van der Waals surface area contributed by atoms with Crippen LogP contribution in [0.1, 0.15) is 19.3 Å². The molecule has 0 saturated carbocycles. The smallest absolute Gasteiger partial charge is 0.328 e. The third-order valence-electron chi connectivity index (χ3n) is 4.31. The Morgan fingerprint density at radius 1 is 1.23 bits per heavy atom. The van der Waals surface area contributed by atoms with E-state index in [2.05, 4.69) is 4.90 Å². The van der Waals surface area contributed by atoms with E-state index in [1.54, 1.807) is 7.05 Å². The summed E-state index contributed by atoms with van der Waals surface area (Å²) in [5.41, 5.74) is -0.164. The van der Waals surface area contributed by atoms with Gasteiger partial charge in [0.15, 0.2) is 0 Å². The normalized spacial score (nSPS) is 33.1. The van der Waals surface area contributed by atoms with E-state index in [4.69, 9.17) is 15.1 Å². The second-order valence-electron chi connectivity index (χ2n) is 5.78. The fourth-order valence-corrected chi connectivity index (χ4v) is 3.29. The molecule has 1 unspecified atom stereocenters. The lowest BCUT2D eigenvalue weighted by molar-refractivity contribution is -0.229. The fraction of sp³-hybridized carbons (Fsp3) is 0.643. The summed E-state index contributed by atoms with van der Waals surface area (Å²) in [7, 11) is 1.73. The monoisotopic (exact) mass is 312 g/mol. The SMILES string of the molecule is CN1OC2(CC1=O)CN1CCC2CC1.O=C(O)/C=C/C(=O)O. The van der Waals surface area contributed by atoms with Crippen LogP contribution in [-0.2, 0) is 19.2 Å². The van der Waals surface area contributed by atoms with Gasteiger partial charge >= 0.3 is 11.9 Å². The molecule has 0 radical (unpaired) electrons. The molecular weight excluding hydrogens is 292 g/mol. The third kappa shape index (κ3) is 3.63. The molecule has 4 saturated heterocycles. The van der Waals surface area contributed by atoms with E-state index in [1.165, 1.54) is 31.0 Å². The zero-order valence-electron chi connectivity index (χ0n) is 12.4. The summed E-state index contributed by atoms with van der Waals surface area (Å²) in [5.74, 6) is -1.78. The van der Waals surface area contributed by atoms with Crippen molar-refractivity contribution in [2.45, 2.75) is 24.9 Å². The maximum absolute atomic E-state index is 11.5. The molecule has 1 atom stereocenters. The van der Waals surface area contributed by atoms with Gasteiger partial charge in [-0.1, -0.05) is 0 Å². The molecule has 2 N–H and O–H groups in total. The molecular formula is C14H20N2O6. The van der Waals surface area contributed by atoms with Gasteiger partial charge in [0.25, 0.3) is 0 Å². The number of carbonyl (C=O) groups is 3. The van der Waals surface area contributed by atoms with Crippen LogP contribution in [0, 0.1) is 5.92 Å². The maximum Gasteiger partial charge on any atom is 0.328 e. The summed E-state index contributed by atoms with van der Waals surface area (Å²) < 4.78 is 0. The van der Waals surface area contributed by atoms with Crippen molar-refractivity contribution in [3.63, 3.8) is 0 Å². The quantitative estimate of drug-likeness (QED) is 0.689. The van der Waals surface area contributed by atoms with Crippen LogP contribution in [0.3, 0.4) is 0 Å². The predicted octanol–water partition coefficient (Wildman–Crippen LogP) is -0.0437. The number of nitrogens with zero attached hydrogens (tertiary/aromatic N) is 2. The highest BCUT2D eigenvalue weighted by Gasteiger charge is 2.54. The van der Waals surface area contributed by atoms with Crippen LogP contribution in [0.25, 0.3) is 0 Å². The van der Waals surface area contributed by atoms with E-state index in [0.29, 0.717) is 24.5 Å². The van der Waals surface area contributed by atoms with E-state index in [9.17, 15) is 14.4 Å². The molecule has 22 heavy (non-hydrogen) atoms. The minimum atomic E-state index is -1.26. The molecule has 4 heterocycles. The molecule has 4 aliphatic rings. The molecule has 4 fully saturated rings. The number of hydrogen-bond donors (Lipinski definition) is 2. The molecule has 2 bridgehead atoms. The molecule has 4 aliphatic heterocycles. The Hall–Kier alpha value is -1.93. The minimum Gasteiger partial charge on any atom is -0.478 e. The lowest BCUT2D eigenvalue weighted by Gasteiger charge is -2.49. The van der Waals surface area contributed by atoms with Crippen LogP contribution in [0.2, 0.25) is 0 Å². The first kappa shape index (κ1) is 16.4. The highest BCUT2D eigenvalue weighted by Crippen LogP contribution is 2.43. The summed E-state index contributed by atoms with van der Waals surface area (Å²) in [4.78, 5) is 38.8. The number of fused-ring (bicyclic) bond motifs is 2. The van der Waals surface area contributed by atoms with E-state index in [1.807, 2.05) is 0 Å². The number of carbonyl (C=O) groups excluding carboxylic acids is 1. The fourth-order valence-electron chi connectivity index (χ4n) is 3.29. The highest BCUT2D eigenvalue weighted by molar-refractivity contribution is 5.89. The molecule has 0 aromatic heterocycles. The van der Waals surface area contributed by atoms with Crippen LogP contribution in [0.15, 0.2) is 12.2 Å². The number of hydroxylamine groups is 2. The van der Waals surface area contributed by atoms with Gasteiger partial charge in [0.2, 0.25) is 5.91 Å². The Bertz CT molecular complexity index is 482. The van der Waals surface area contributed by atoms with Gasteiger partial charge in [0, 0.05) is 25.7 Å². The molecule has 122 valence electrons. The summed E-state index contributed by atoms with van der Waals surface area (Å²) in [5, 5.41) is 17.1. The standard InChI is InChI=1S/C10H16N2O2.C4H4O4/c1-11-9(13)6-10(14-11)7-12-4-2-8(10)3-5-12;5-3(6)1-2-4(7)8/h8H,2-7H2,1H3;1-2H,(H,5,6)(H,7,8)/b;2-1+. The Balaban J connectivity index is 0.000000192. The summed E-state index contributed by atoms with van der Waals surface area (Å²) in [6.45, 7) is 3.33. The second-order valence-corrected chi connectivity index (χ2v) is 5.78. The lowest BCUT2D eigenvalue weighted by atomic mass is 9.74. The number of amides is 1. The molecule has 0 aromatic carbocycles. The first-order chi connectivity index (χ1) is 10.3. The number of piperidine rings is 3. The molecule has 0 aliphatic carbocycles. The van der Waals surface area contributed by atoms with Crippen LogP contribution in [0.4, 0.5) is 0 Å². The largest absolute Gasteiger partial charge is 0.478 e. The maximum atomic E-state index is 11.5. The highest BCUT2D eigenvalue weighted by atomic mass is 16.7. The van der Waals surface area contributed by atoms with Gasteiger partial charge in [-0.25, -0.2) is 14.7 Å². The van der Waals surface area contributed by atoms with Gasteiger partial charge in [-0.3, -0.25) is 9.63 Å². The second kappa shape index (κ2) is 6.45. The predicted molar refractivity (Wildman–Crippen MR) is 74.8 cm³/mol. The number of aliphatic carboxylic acids is 2. The minimum absolute atomic E-state index is 0.138. The van der Waals surface area contributed by atoms with Crippen molar-refractivity contribution < 1.29 is 29.4 Å². The Morgan fingerprint density at radius 3 is 2.09 bits per heavy atom. The summed E-state index contributed by atoms with van der Waals surface area (Å²) in [6, 6.07) is 0. The molecule has 0 aromatic rings. The van der Waals surface area contributed by atoms with Crippen molar-refractivity contribution >= 4 is 17.8 Å². The molecule has 4 rings (SSSR count). The molecule has 8 heteroatoms. The molecule has 1 amide bonds. The first-order valence-corrected chi connectivity index (χ1v) is 7.14. The number of rotatable bonds is 2. The van der Waals surface area contributed by atoms with Gasteiger partial charge in [-0.2, -0.15) is 0 Å². The number of hydrogen-bond acceptors (Lipinski definition) is 5. The van der Waals surface area contributed by atoms with Crippen molar-refractivity contribution in [2.75, 3.05) is 26.7 Å². The van der Waals surface area contributed by atoms with E-state index >= 15 is 0 Å². The number of carboxylic acids is 2. The molecule has 1 spiro atoms. The van der Waals surface area contributed by atoms with Crippen LogP contribution in [0.5, 0.6) is 0 Å². The first-order valence-electron chi connectivity index (χ1n) is 7.14. The Kier molecular flexibility index (Phi) is 4.82. The van der Waals surface area contributed by atoms with E-state index in [-0.39, 0.29) is 11.5 Å². The zero-order valence-corrected chi connectivity index (χ0v) is 12.4. The average Bonchev–Trinajstić information content (AvgIpc) is 2.73. The van der Waals surface area contributed by atoms with Crippen LogP contribution >= 0.6 is 0 Å². The van der Waals surface area contributed by atoms with E-state index < -0.39 is 11.9 Å². The van der Waals surface area contributed by atoms with Crippen molar-refractivity contribution in [3.05, 3.63) is 12.2 Å². The van der Waals surface area contributed by atoms with Crippen molar-refractivity contribution in [1.29, 1.82) is 0 Å². The van der Waals surface area contributed by atoms with Crippen LogP contribution < -0.4 is 0 Å². The van der Waals surface area contributed by atoms with Gasteiger partial charge in [0.05, 0.1) is 6.42 Å². The van der Waals surface area contributed by atoms with Gasteiger partial charge in [0.1, 0.15) is 5.60 Å². The van der Waals surface area contributed by atoms with Gasteiger partial charge in [-0.15, -0.1) is 0 Å². The topological polar surface area (TPSA) is 107 Å². The zero-order chi connectivity index (χ0) is 16.3. The van der Waals surface area contributed by atoms with Crippen molar-refractivity contribution in [1.82, 2.24) is 9.96 Å². The third-order valence-corrected chi connectivity index (χ3v) is 4.31. The summed E-state index contributed by atoms with van der Waals surface area (Å²) in [6.07, 6.45) is 4.09.